The van der Waals surface area contributed by atoms with Crippen LogP contribution in [-0.4, -0.2) is 25.7 Å². The van der Waals surface area contributed by atoms with Gasteiger partial charge < -0.3 is 10.3 Å². The van der Waals surface area contributed by atoms with Crippen LogP contribution in [0.1, 0.15) is 29.0 Å². The predicted molar refractivity (Wildman–Crippen MR) is 85.7 cm³/mol. The van der Waals surface area contributed by atoms with E-state index in [4.69, 9.17) is 0 Å². The standard InChI is InChI=1S/C15H14BrN5O/c1-10(20-15(22)14-6-12(16)7-18-14)11-2-4-13(5-3-11)21-9-17-8-19-21/h2-10,18H,1H3,(H,20,22). The van der Waals surface area contributed by atoms with Gasteiger partial charge in [-0.1, -0.05) is 12.1 Å². The lowest BCUT2D eigenvalue weighted by Gasteiger charge is -2.14. The quantitative estimate of drug-likeness (QED) is 0.751. The molecule has 7 heteroatoms. The summed E-state index contributed by atoms with van der Waals surface area (Å²) in [6, 6.07) is 9.46. The van der Waals surface area contributed by atoms with Gasteiger partial charge in [-0.3, -0.25) is 4.79 Å². The Hall–Kier alpha value is -2.41. The number of hydrogen-bond acceptors (Lipinski definition) is 3. The van der Waals surface area contributed by atoms with E-state index in [1.807, 2.05) is 31.2 Å². The molecule has 3 rings (SSSR count). The van der Waals surface area contributed by atoms with Crippen LogP contribution in [0.5, 0.6) is 0 Å². The molecule has 2 aromatic heterocycles. The van der Waals surface area contributed by atoms with Gasteiger partial charge in [0.15, 0.2) is 0 Å². The highest BCUT2D eigenvalue weighted by Gasteiger charge is 2.13. The second kappa shape index (κ2) is 6.15. The number of carbonyl (C=O) groups is 1. The fourth-order valence-corrected chi connectivity index (χ4v) is 2.46. The third kappa shape index (κ3) is 3.09. The van der Waals surface area contributed by atoms with Crippen molar-refractivity contribution >= 4 is 21.8 Å². The maximum absolute atomic E-state index is 12.1. The molecule has 1 unspecified atom stereocenters. The molecule has 0 aliphatic carbocycles. The fraction of sp³-hybridized carbons (Fsp3) is 0.133. The number of rotatable bonds is 4. The molecule has 0 spiro atoms. The molecule has 0 aliphatic heterocycles. The molecular weight excluding hydrogens is 346 g/mol. The summed E-state index contributed by atoms with van der Waals surface area (Å²) in [5.41, 5.74) is 2.47. The van der Waals surface area contributed by atoms with Gasteiger partial charge >= 0.3 is 0 Å². The largest absolute Gasteiger partial charge is 0.356 e. The number of nitrogens with zero attached hydrogens (tertiary/aromatic N) is 3. The van der Waals surface area contributed by atoms with E-state index >= 15 is 0 Å². The summed E-state index contributed by atoms with van der Waals surface area (Å²) in [7, 11) is 0. The van der Waals surface area contributed by atoms with E-state index < -0.39 is 0 Å². The first-order chi connectivity index (χ1) is 10.6. The number of nitrogens with one attached hydrogen (secondary N) is 2. The van der Waals surface area contributed by atoms with Crippen molar-refractivity contribution in [3.63, 3.8) is 0 Å². The number of hydrogen-bond donors (Lipinski definition) is 2. The maximum atomic E-state index is 12.1. The Labute approximate surface area is 135 Å². The molecular formula is C15H14BrN5O. The second-order valence-corrected chi connectivity index (χ2v) is 5.77. The molecule has 0 saturated heterocycles. The number of amides is 1. The predicted octanol–water partition coefficient (Wildman–Crippen LogP) is 2.85. The Morgan fingerprint density at radius 2 is 2.14 bits per heavy atom. The van der Waals surface area contributed by atoms with Crippen LogP contribution >= 0.6 is 15.9 Å². The van der Waals surface area contributed by atoms with Gasteiger partial charge in [0.2, 0.25) is 0 Å². The molecule has 112 valence electrons. The average Bonchev–Trinajstić information content (AvgIpc) is 3.18. The van der Waals surface area contributed by atoms with Crippen molar-refractivity contribution in [3.05, 3.63) is 64.9 Å². The first-order valence-corrected chi connectivity index (χ1v) is 7.52. The van der Waals surface area contributed by atoms with Gasteiger partial charge in [-0.15, -0.1) is 0 Å². The summed E-state index contributed by atoms with van der Waals surface area (Å²) in [4.78, 5) is 18.9. The zero-order valence-corrected chi connectivity index (χ0v) is 13.4. The number of benzene rings is 1. The maximum Gasteiger partial charge on any atom is 0.268 e. The smallest absolute Gasteiger partial charge is 0.268 e. The van der Waals surface area contributed by atoms with Gasteiger partial charge in [0.25, 0.3) is 5.91 Å². The van der Waals surface area contributed by atoms with Crippen LogP contribution in [0.2, 0.25) is 0 Å². The molecule has 0 saturated carbocycles. The van der Waals surface area contributed by atoms with Gasteiger partial charge in [0, 0.05) is 10.7 Å². The number of aromatic nitrogens is 4. The Bertz CT molecular complexity index is 764. The lowest BCUT2D eigenvalue weighted by Crippen LogP contribution is -2.26. The summed E-state index contributed by atoms with van der Waals surface area (Å²) in [5, 5.41) is 7.03. The van der Waals surface area contributed by atoms with Crippen LogP contribution in [0.25, 0.3) is 5.69 Å². The van der Waals surface area contributed by atoms with E-state index in [0.29, 0.717) is 5.69 Å². The summed E-state index contributed by atoms with van der Waals surface area (Å²) in [5.74, 6) is -0.140. The molecule has 22 heavy (non-hydrogen) atoms. The van der Waals surface area contributed by atoms with Crippen LogP contribution in [-0.2, 0) is 0 Å². The van der Waals surface area contributed by atoms with Crippen molar-refractivity contribution in [2.45, 2.75) is 13.0 Å². The molecule has 1 atom stereocenters. The number of H-pyrrole nitrogens is 1. The molecule has 3 aromatic rings. The fourth-order valence-electron chi connectivity index (χ4n) is 2.11. The zero-order chi connectivity index (χ0) is 15.5. The Balaban J connectivity index is 1.69. The Morgan fingerprint density at radius 3 is 2.73 bits per heavy atom. The van der Waals surface area contributed by atoms with Crippen molar-refractivity contribution in [2.24, 2.45) is 0 Å². The van der Waals surface area contributed by atoms with E-state index in [1.54, 1.807) is 23.3 Å². The van der Waals surface area contributed by atoms with Crippen molar-refractivity contribution in [1.29, 1.82) is 0 Å². The summed E-state index contributed by atoms with van der Waals surface area (Å²) in [6.45, 7) is 1.94. The van der Waals surface area contributed by atoms with Gasteiger partial charge in [-0.2, -0.15) is 5.10 Å². The van der Waals surface area contributed by atoms with Crippen LogP contribution in [0, 0.1) is 0 Å². The lowest BCUT2D eigenvalue weighted by atomic mass is 10.1. The van der Waals surface area contributed by atoms with Crippen molar-refractivity contribution in [2.75, 3.05) is 0 Å². The number of aromatic amines is 1. The zero-order valence-electron chi connectivity index (χ0n) is 11.8. The van der Waals surface area contributed by atoms with E-state index in [2.05, 4.69) is 36.3 Å². The van der Waals surface area contributed by atoms with E-state index in [-0.39, 0.29) is 11.9 Å². The van der Waals surface area contributed by atoms with Crippen LogP contribution in [0.3, 0.4) is 0 Å². The molecule has 1 aromatic carbocycles. The second-order valence-electron chi connectivity index (χ2n) is 4.86. The third-order valence-corrected chi connectivity index (χ3v) is 3.77. The molecule has 0 fully saturated rings. The van der Waals surface area contributed by atoms with Crippen LogP contribution in [0.15, 0.2) is 53.7 Å². The monoisotopic (exact) mass is 359 g/mol. The lowest BCUT2D eigenvalue weighted by molar-refractivity contribution is 0.0935. The van der Waals surface area contributed by atoms with Crippen molar-refractivity contribution < 1.29 is 4.79 Å². The number of carbonyl (C=O) groups excluding carboxylic acids is 1. The minimum Gasteiger partial charge on any atom is -0.356 e. The minimum atomic E-state index is -0.140. The van der Waals surface area contributed by atoms with E-state index in [0.717, 1.165) is 15.7 Å². The summed E-state index contributed by atoms with van der Waals surface area (Å²) in [6.07, 6.45) is 4.86. The average molecular weight is 360 g/mol. The van der Waals surface area contributed by atoms with Crippen molar-refractivity contribution in [1.82, 2.24) is 25.1 Å². The molecule has 0 aliphatic rings. The molecule has 1 amide bonds. The van der Waals surface area contributed by atoms with Gasteiger partial charge in [0.05, 0.1) is 11.7 Å². The molecule has 0 bridgehead atoms. The Kier molecular flexibility index (Phi) is 4.06. The van der Waals surface area contributed by atoms with Crippen LogP contribution in [0.4, 0.5) is 0 Å². The Morgan fingerprint density at radius 1 is 1.36 bits per heavy atom. The third-order valence-electron chi connectivity index (χ3n) is 3.32. The normalized spacial score (nSPS) is 12.1. The number of halogens is 1. The minimum absolute atomic E-state index is 0.0978. The summed E-state index contributed by atoms with van der Waals surface area (Å²) < 4.78 is 2.53. The van der Waals surface area contributed by atoms with Gasteiger partial charge in [-0.25, -0.2) is 9.67 Å². The highest BCUT2D eigenvalue weighted by molar-refractivity contribution is 9.10. The topological polar surface area (TPSA) is 75.6 Å². The van der Waals surface area contributed by atoms with Crippen LogP contribution < -0.4 is 5.32 Å². The first-order valence-electron chi connectivity index (χ1n) is 6.73. The summed E-state index contributed by atoms with van der Waals surface area (Å²) >= 11 is 3.31. The first kappa shape index (κ1) is 14.5. The van der Waals surface area contributed by atoms with E-state index in [1.165, 1.54) is 6.33 Å². The van der Waals surface area contributed by atoms with Gasteiger partial charge in [-0.05, 0) is 46.6 Å². The van der Waals surface area contributed by atoms with E-state index in [9.17, 15) is 4.79 Å². The SMILES string of the molecule is CC(NC(=O)c1cc(Br)c[nH]1)c1ccc(-n2cncn2)cc1. The molecule has 0 radical (unpaired) electrons. The molecule has 6 nitrogen and oxygen atoms in total. The highest BCUT2D eigenvalue weighted by Crippen LogP contribution is 2.16. The highest BCUT2D eigenvalue weighted by atomic mass is 79.9. The molecule has 2 heterocycles. The van der Waals surface area contributed by atoms with Crippen molar-refractivity contribution in [3.8, 4) is 5.69 Å². The molecule has 2 N–H and O–H groups in total. The van der Waals surface area contributed by atoms with Gasteiger partial charge in [0.1, 0.15) is 18.3 Å².